The largest absolute Gasteiger partial charge is 0.335 e. The molecule has 1 aliphatic rings. The number of thiophene rings is 1. The van der Waals surface area contributed by atoms with Gasteiger partial charge < -0.3 is 10.2 Å². The fourth-order valence-electron chi connectivity index (χ4n) is 2.15. The topological polar surface area (TPSA) is 32.3 Å². The molecule has 1 atom stereocenters. The minimum atomic E-state index is 0.0226. The summed E-state index contributed by atoms with van der Waals surface area (Å²) in [7, 11) is 0. The molecule has 17 heavy (non-hydrogen) atoms. The van der Waals surface area contributed by atoms with Gasteiger partial charge in [0.15, 0.2) is 0 Å². The minimum Gasteiger partial charge on any atom is -0.335 e. The fourth-order valence-corrected chi connectivity index (χ4v) is 3.13. The van der Waals surface area contributed by atoms with Crippen molar-refractivity contribution < 1.29 is 4.79 Å². The minimum absolute atomic E-state index is 0.0226. The second-order valence-electron chi connectivity index (χ2n) is 4.40. The van der Waals surface area contributed by atoms with E-state index in [4.69, 9.17) is 0 Å². The molecule has 0 aromatic carbocycles. The van der Waals surface area contributed by atoms with E-state index in [9.17, 15) is 4.79 Å². The lowest BCUT2D eigenvalue weighted by molar-refractivity contribution is -0.136. The van der Waals surface area contributed by atoms with Crippen LogP contribution in [-0.4, -0.2) is 29.9 Å². The van der Waals surface area contributed by atoms with Crippen LogP contribution in [0.2, 0.25) is 0 Å². The number of hydrogen-bond acceptors (Lipinski definition) is 3. The average Bonchev–Trinajstić information content (AvgIpc) is 2.79. The Hall–Kier alpha value is -0.870. The average molecular weight is 252 g/mol. The molecule has 0 spiro atoms. The highest BCUT2D eigenvalue weighted by molar-refractivity contribution is 7.11. The van der Waals surface area contributed by atoms with E-state index in [1.807, 2.05) is 16.2 Å². The van der Waals surface area contributed by atoms with Crippen LogP contribution in [0.1, 0.15) is 30.0 Å². The quantitative estimate of drug-likeness (QED) is 0.889. The van der Waals surface area contributed by atoms with Gasteiger partial charge in [0.05, 0.1) is 12.6 Å². The third-order valence-corrected chi connectivity index (χ3v) is 4.42. The van der Waals surface area contributed by atoms with Crippen molar-refractivity contribution in [1.82, 2.24) is 10.2 Å². The molecular formula is C13H20N2OS. The lowest BCUT2D eigenvalue weighted by atomic mass is 10.1. The normalized spacial score (nSPS) is 20.9. The zero-order chi connectivity index (χ0) is 12.3. The summed E-state index contributed by atoms with van der Waals surface area (Å²) in [5.41, 5.74) is 0. The highest BCUT2D eigenvalue weighted by Gasteiger charge is 2.26. The molecule has 1 fully saturated rings. The van der Waals surface area contributed by atoms with Crippen molar-refractivity contribution >= 4 is 17.2 Å². The molecule has 0 saturated carbocycles. The van der Waals surface area contributed by atoms with Crippen molar-refractivity contribution in [3.05, 3.63) is 21.9 Å². The standard InChI is InChI=1S/C13H20N2OS/c1-3-10-5-6-11(17-10)9-15-8-7-14-12(4-2)13(15)16/h5-6,12,14H,3-4,7-9H2,1-2H3. The first-order valence-electron chi connectivity index (χ1n) is 6.34. The van der Waals surface area contributed by atoms with E-state index in [0.29, 0.717) is 0 Å². The van der Waals surface area contributed by atoms with Crippen LogP contribution >= 0.6 is 11.3 Å². The van der Waals surface area contributed by atoms with Crippen molar-refractivity contribution in [3.63, 3.8) is 0 Å². The van der Waals surface area contributed by atoms with Crippen LogP contribution in [0.5, 0.6) is 0 Å². The van der Waals surface area contributed by atoms with E-state index >= 15 is 0 Å². The summed E-state index contributed by atoms with van der Waals surface area (Å²) in [6.07, 6.45) is 1.96. The monoisotopic (exact) mass is 252 g/mol. The molecule has 3 nitrogen and oxygen atoms in total. The maximum absolute atomic E-state index is 12.1. The van der Waals surface area contributed by atoms with Crippen LogP contribution in [0.25, 0.3) is 0 Å². The van der Waals surface area contributed by atoms with Gasteiger partial charge in [-0.1, -0.05) is 13.8 Å². The lowest BCUT2D eigenvalue weighted by Gasteiger charge is -2.32. The smallest absolute Gasteiger partial charge is 0.240 e. The van der Waals surface area contributed by atoms with Gasteiger partial charge in [-0.25, -0.2) is 0 Å². The van der Waals surface area contributed by atoms with E-state index in [1.54, 1.807) is 0 Å². The molecule has 1 unspecified atom stereocenters. The SMILES string of the molecule is CCc1ccc(CN2CCNC(CC)C2=O)s1. The van der Waals surface area contributed by atoms with Gasteiger partial charge in [0.2, 0.25) is 5.91 Å². The maximum Gasteiger partial charge on any atom is 0.240 e. The van der Waals surface area contributed by atoms with Crippen LogP contribution in [0, 0.1) is 0 Å². The van der Waals surface area contributed by atoms with Gasteiger partial charge in [0.1, 0.15) is 0 Å². The van der Waals surface area contributed by atoms with Crippen LogP contribution in [0.3, 0.4) is 0 Å². The molecule has 1 saturated heterocycles. The van der Waals surface area contributed by atoms with Crippen molar-refractivity contribution in [2.75, 3.05) is 13.1 Å². The highest BCUT2D eigenvalue weighted by Crippen LogP contribution is 2.19. The molecule has 1 amide bonds. The van der Waals surface area contributed by atoms with Crippen molar-refractivity contribution in [2.24, 2.45) is 0 Å². The number of hydrogen-bond donors (Lipinski definition) is 1. The third-order valence-electron chi connectivity index (χ3n) is 3.20. The Morgan fingerprint density at radius 2 is 2.18 bits per heavy atom. The van der Waals surface area contributed by atoms with Crippen LogP contribution in [0.4, 0.5) is 0 Å². The number of nitrogens with one attached hydrogen (secondary N) is 1. The van der Waals surface area contributed by atoms with E-state index in [2.05, 4.69) is 31.3 Å². The van der Waals surface area contributed by atoms with E-state index < -0.39 is 0 Å². The molecule has 1 N–H and O–H groups in total. The Morgan fingerprint density at radius 3 is 2.82 bits per heavy atom. The van der Waals surface area contributed by atoms with Crippen molar-refractivity contribution in [1.29, 1.82) is 0 Å². The van der Waals surface area contributed by atoms with Crippen molar-refractivity contribution in [3.8, 4) is 0 Å². The second-order valence-corrected chi connectivity index (χ2v) is 5.65. The Morgan fingerprint density at radius 1 is 1.41 bits per heavy atom. The second kappa shape index (κ2) is 5.65. The van der Waals surface area contributed by atoms with Gasteiger partial charge in [0, 0.05) is 22.8 Å². The molecule has 2 heterocycles. The first-order valence-corrected chi connectivity index (χ1v) is 7.16. The first kappa shape index (κ1) is 12.6. The fraction of sp³-hybridized carbons (Fsp3) is 0.615. The molecule has 0 radical (unpaired) electrons. The predicted molar refractivity (Wildman–Crippen MR) is 71.2 cm³/mol. The van der Waals surface area contributed by atoms with E-state index in [-0.39, 0.29) is 11.9 Å². The van der Waals surface area contributed by atoms with Gasteiger partial charge in [-0.05, 0) is 25.0 Å². The Balaban J connectivity index is 2.00. The summed E-state index contributed by atoms with van der Waals surface area (Å²) in [5.74, 6) is 0.255. The summed E-state index contributed by atoms with van der Waals surface area (Å²) >= 11 is 1.82. The number of rotatable bonds is 4. The van der Waals surface area contributed by atoms with Gasteiger partial charge >= 0.3 is 0 Å². The summed E-state index contributed by atoms with van der Waals surface area (Å²) in [4.78, 5) is 16.8. The van der Waals surface area contributed by atoms with E-state index in [0.717, 1.165) is 32.5 Å². The highest BCUT2D eigenvalue weighted by atomic mass is 32.1. The number of nitrogens with zero attached hydrogens (tertiary/aromatic N) is 1. The molecule has 1 aromatic heterocycles. The molecule has 94 valence electrons. The number of carbonyl (C=O) groups excluding carboxylic acids is 1. The molecular weight excluding hydrogens is 232 g/mol. The lowest BCUT2D eigenvalue weighted by Crippen LogP contribution is -2.54. The Labute approximate surface area is 107 Å². The van der Waals surface area contributed by atoms with Gasteiger partial charge in [-0.3, -0.25) is 4.79 Å². The summed E-state index contributed by atoms with van der Waals surface area (Å²) < 4.78 is 0. The molecule has 1 aliphatic heterocycles. The van der Waals surface area contributed by atoms with Gasteiger partial charge in [0.25, 0.3) is 0 Å². The molecule has 2 rings (SSSR count). The number of amides is 1. The first-order chi connectivity index (χ1) is 8.24. The zero-order valence-corrected chi connectivity index (χ0v) is 11.3. The van der Waals surface area contributed by atoms with Crippen LogP contribution in [-0.2, 0) is 17.8 Å². The molecule has 0 aliphatic carbocycles. The van der Waals surface area contributed by atoms with Crippen molar-refractivity contribution in [2.45, 2.75) is 39.3 Å². The van der Waals surface area contributed by atoms with Gasteiger partial charge in [-0.2, -0.15) is 0 Å². The zero-order valence-electron chi connectivity index (χ0n) is 10.5. The number of carbonyl (C=O) groups is 1. The van der Waals surface area contributed by atoms with Gasteiger partial charge in [-0.15, -0.1) is 11.3 Å². The van der Waals surface area contributed by atoms with Crippen LogP contribution < -0.4 is 5.32 Å². The summed E-state index contributed by atoms with van der Waals surface area (Å²) in [6, 6.07) is 4.35. The molecule has 4 heteroatoms. The maximum atomic E-state index is 12.1. The van der Waals surface area contributed by atoms with Crippen LogP contribution in [0.15, 0.2) is 12.1 Å². The summed E-state index contributed by atoms with van der Waals surface area (Å²) in [5, 5.41) is 3.26. The Kier molecular flexibility index (Phi) is 4.18. The number of aryl methyl sites for hydroxylation is 1. The summed E-state index contributed by atoms with van der Waals surface area (Å²) in [6.45, 7) is 6.74. The molecule has 1 aromatic rings. The predicted octanol–water partition coefficient (Wildman–Crippen LogP) is 2.02. The van der Waals surface area contributed by atoms with E-state index in [1.165, 1.54) is 9.75 Å². The Bertz CT molecular complexity index is 389. The third kappa shape index (κ3) is 2.87. The number of piperazine rings is 1. The molecule has 0 bridgehead atoms.